The molecule has 1 saturated carbocycles. The number of nitrogens with zero attached hydrogens (tertiary/aromatic N) is 1. The van der Waals surface area contributed by atoms with Crippen molar-refractivity contribution in [2.75, 3.05) is 13.6 Å². The third-order valence-electron chi connectivity index (χ3n) is 3.90. The van der Waals surface area contributed by atoms with E-state index in [1.807, 2.05) is 0 Å². The molecule has 1 fully saturated rings. The standard InChI is InChI=1S/C14H19ClN2O2S2/c1-17(9-10-4-2-3-5-10)21(18,19)11-6-7-12(14(16)20)13(15)8-11/h6-8,10H,2-5,9H2,1H3,(H2,16,20). The summed E-state index contributed by atoms with van der Waals surface area (Å²) in [5.74, 6) is 0.455. The van der Waals surface area contributed by atoms with E-state index in [1.165, 1.54) is 29.3 Å². The molecule has 0 heterocycles. The van der Waals surface area contributed by atoms with Gasteiger partial charge in [0.2, 0.25) is 10.0 Å². The molecule has 0 saturated heterocycles. The van der Waals surface area contributed by atoms with Gasteiger partial charge in [0.25, 0.3) is 0 Å². The lowest BCUT2D eigenvalue weighted by Crippen LogP contribution is -2.31. The van der Waals surface area contributed by atoms with Crippen LogP contribution in [0.3, 0.4) is 0 Å². The third kappa shape index (κ3) is 3.74. The lowest BCUT2D eigenvalue weighted by Gasteiger charge is -2.21. The number of sulfonamides is 1. The summed E-state index contributed by atoms with van der Waals surface area (Å²) in [6, 6.07) is 4.47. The molecule has 2 N–H and O–H groups in total. The summed E-state index contributed by atoms with van der Waals surface area (Å²) in [7, 11) is -1.91. The van der Waals surface area contributed by atoms with Crippen molar-refractivity contribution in [2.24, 2.45) is 11.7 Å². The molecule has 0 unspecified atom stereocenters. The Kier molecular flexibility index (Phi) is 5.24. The van der Waals surface area contributed by atoms with Gasteiger partial charge in [-0.15, -0.1) is 0 Å². The van der Waals surface area contributed by atoms with E-state index in [9.17, 15) is 8.42 Å². The summed E-state index contributed by atoms with van der Waals surface area (Å²) in [4.78, 5) is 0.330. The topological polar surface area (TPSA) is 63.4 Å². The zero-order valence-corrected chi connectivity index (χ0v) is 14.3. The molecule has 0 bridgehead atoms. The van der Waals surface area contributed by atoms with Crippen LogP contribution in [0.15, 0.2) is 23.1 Å². The number of thiocarbonyl (C=S) groups is 1. The fourth-order valence-corrected chi connectivity index (χ4v) is 4.55. The maximum Gasteiger partial charge on any atom is 0.242 e. The van der Waals surface area contributed by atoms with Crippen LogP contribution in [-0.4, -0.2) is 31.3 Å². The van der Waals surface area contributed by atoms with Crippen molar-refractivity contribution in [1.82, 2.24) is 4.31 Å². The molecule has 21 heavy (non-hydrogen) atoms. The van der Waals surface area contributed by atoms with Crippen molar-refractivity contribution < 1.29 is 8.42 Å². The highest BCUT2D eigenvalue weighted by molar-refractivity contribution is 7.89. The Balaban J connectivity index is 2.22. The van der Waals surface area contributed by atoms with Crippen LogP contribution in [0.25, 0.3) is 0 Å². The minimum absolute atomic E-state index is 0.156. The summed E-state index contributed by atoms with van der Waals surface area (Å²) in [5.41, 5.74) is 6.02. The Morgan fingerprint density at radius 1 is 1.43 bits per heavy atom. The molecule has 0 amide bonds. The van der Waals surface area contributed by atoms with Gasteiger partial charge in [-0.2, -0.15) is 0 Å². The van der Waals surface area contributed by atoms with Gasteiger partial charge in [-0.25, -0.2) is 12.7 Å². The molecule has 2 rings (SSSR count). The Morgan fingerprint density at radius 3 is 2.57 bits per heavy atom. The SMILES string of the molecule is CN(CC1CCCC1)S(=O)(=O)c1ccc(C(N)=S)c(Cl)c1. The highest BCUT2D eigenvalue weighted by Crippen LogP contribution is 2.28. The normalized spacial score (nSPS) is 16.5. The van der Waals surface area contributed by atoms with Gasteiger partial charge in [-0.1, -0.05) is 36.7 Å². The van der Waals surface area contributed by atoms with Crippen LogP contribution in [0.2, 0.25) is 5.02 Å². The molecule has 0 atom stereocenters. The molecule has 0 radical (unpaired) electrons. The van der Waals surface area contributed by atoms with Gasteiger partial charge in [-0.05, 0) is 37.0 Å². The number of nitrogens with two attached hydrogens (primary N) is 1. The summed E-state index contributed by atoms with van der Waals surface area (Å²) in [6.45, 7) is 0.553. The zero-order valence-electron chi connectivity index (χ0n) is 11.9. The van der Waals surface area contributed by atoms with E-state index in [0.717, 1.165) is 12.8 Å². The van der Waals surface area contributed by atoms with Crippen molar-refractivity contribution in [3.8, 4) is 0 Å². The third-order valence-corrected chi connectivity index (χ3v) is 6.26. The summed E-state index contributed by atoms with van der Waals surface area (Å²) < 4.78 is 26.5. The highest BCUT2D eigenvalue weighted by atomic mass is 35.5. The molecule has 1 aromatic rings. The number of hydrogen-bond acceptors (Lipinski definition) is 3. The van der Waals surface area contributed by atoms with Gasteiger partial charge < -0.3 is 5.73 Å². The van der Waals surface area contributed by atoms with Gasteiger partial charge in [0, 0.05) is 19.2 Å². The van der Waals surface area contributed by atoms with E-state index in [4.69, 9.17) is 29.6 Å². The van der Waals surface area contributed by atoms with Crippen molar-refractivity contribution in [3.05, 3.63) is 28.8 Å². The second kappa shape index (κ2) is 6.60. The van der Waals surface area contributed by atoms with Gasteiger partial charge in [0.05, 0.1) is 9.92 Å². The minimum Gasteiger partial charge on any atom is -0.389 e. The fraction of sp³-hybridized carbons (Fsp3) is 0.500. The van der Waals surface area contributed by atoms with Gasteiger partial charge >= 0.3 is 0 Å². The Morgan fingerprint density at radius 2 is 2.05 bits per heavy atom. The summed E-state index contributed by atoms with van der Waals surface area (Å²) in [6.07, 6.45) is 4.57. The molecule has 1 aliphatic carbocycles. The minimum atomic E-state index is -3.53. The fourth-order valence-electron chi connectivity index (χ4n) is 2.69. The highest BCUT2D eigenvalue weighted by Gasteiger charge is 2.26. The number of hydrogen-bond donors (Lipinski definition) is 1. The summed E-state index contributed by atoms with van der Waals surface area (Å²) >= 11 is 10.9. The average molecular weight is 347 g/mol. The molecule has 0 spiro atoms. The van der Waals surface area contributed by atoms with Crippen LogP contribution in [0.5, 0.6) is 0 Å². The largest absolute Gasteiger partial charge is 0.389 e. The van der Waals surface area contributed by atoms with Crippen LogP contribution in [-0.2, 0) is 10.0 Å². The second-order valence-corrected chi connectivity index (χ2v) is 8.33. The first-order chi connectivity index (χ1) is 9.82. The monoisotopic (exact) mass is 346 g/mol. The van der Waals surface area contributed by atoms with E-state index in [2.05, 4.69) is 0 Å². The predicted molar refractivity (Wildman–Crippen MR) is 89.1 cm³/mol. The first-order valence-electron chi connectivity index (χ1n) is 6.88. The van der Waals surface area contributed by atoms with Crippen LogP contribution >= 0.6 is 23.8 Å². The van der Waals surface area contributed by atoms with E-state index in [0.29, 0.717) is 18.0 Å². The van der Waals surface area contributed by atoms with Crippen LogP contribution < -0.4 is 5.73 Å². The Hall–Kier alpha value is -0.690. The maximum absolute atomic E-state index is 12.6. The van der Waals surface area contributed by atoms with Gasteiger partial charge in [0.15, 0.2) is 0 Å². The predicted octanol–water partition coefficient (Wildman–Crippen LogP) is 2.78. The van der Waals surface area contributed by atoms with E-state index in [-0.39, 0.29) is 14.9 Å². The van der Waals surface area contributed by atoms with Gasteiger partial charge in [0.1, 0.15) is 4.99 Å². The molecular weight excluding hydrogens is 328 g/mol. The van der Waals surface area contributed by atoms with E-state index >= 15 is 0 Å². The molecular formula is C14H19ClN2O2S2. The molecule has 1 aliphatic rings. The van der Waals surface area contributed by atoms with Crippen LogP contribution in [0.4, 0.5) is 0 Å². The van der Waals surface area contributed by atoms with E-state index < -0.39 is 10.0 Å². The molecule has 7 heteroatoms. The maximum atomic E-state index is 12.6. The van der Waals surface area contributed by atoms with Crippen molar-refractivity contribution in [1.29, 1.82) is 0 Å². The van der Waals surface area contributed by atoms with Crippen molar-refractivity contribution >= 4 is 38.8 Å². The Bertz CT molecular complexity index is 640. The molecule has 1 aromatic carbocycles. The molecule has 116 valence electrons. The number of halogens is 1. The first-order valence-corrected chi connectivity index (χ1v) is 9.10. The quantitative estimate of drug-likeness (QED) is 0.833. The number of rotatable bonds is 5. The summed E-state index contributed by atoms with van der Waals surface area (Å²) in [5, 5.41) is 0.262. The lowest BCUT2D eigenvalue weighted by atomic mass is 10.1. The van der Waals surface area contributed by atoms with Crippen molar-refractivity contribution in [3.63, 3.8) is 0 Å². The molecule has 0 aliphatic heterocycles. The lowest BCUT2D eigenvalue weighted by molar-refractivity contribution is 0.387. The average Bonchev–Trinajstić information content (AvgIpc) is 2.90. The van der Waals surface area contributed by atoms with Crippen LogP contribution in [0, 0.1) is 5.92 Å². The second-order valence-electron chi connectivity index (χ2n) is 5.44. The smallest absolute Gasteiger partial charge is 0.242 e. The zero-order chi connectivity index (χ0) is 15.6. The van der Waals surface area contributed by atoms with Crippen molar-refractivity contribution in [2.45, 2.75) is 30.6 Å². The Labute approximate surface area is 136 Å². The van der Waals surface area contributed by atoms with E-state index in [1.54, 1.807) is 13.1 Å². The first kappa shape index (κ1) is 16.7. The molecule has 4 nitrogen and oxygen atoms in total. The van der Waals surface area contributed by atoms with Gasteiger partial charge in [-0.3, -0.25) is 0 Å². The van der Waals surface area contributed by atoms with Crippen LogP contribution in [0.1, 0.15) is 31.2 Å². The number of benzene rings is 1. The molecule has 0 aromatic heterocycles.